The number of rotatable bonds is 8. The fourth-order valence-corrected chi connectivity index (χ4v) is 2.12. The average molecular weight is 470 g/mol. The Morgan fingerprint density at radius 3 is 2.62 bits per heavy atom. The van der Waals surface area contributed by atoms with Crippen LogP contribution in [0.4, 0.5) is 5.69 Å². The lowest BCUT2D eigenvalue weighted by Crippen LogP contribution is -2.22. The lowest BCUT2D eigenvalue weighted by atomic mass is 10.3. The molecule has 0 amide bonds. The minimum atomic E-state index is 0. The number of nitrogens with zero attached hydrogens (tertiary/aromatic N) is 2. The lowest BCUT2D eigenvalue weighted by Gasteiger charge is -2.11. The number of nitrogens with one attached hydrogen (secondary N) is 1. The minimum Gasteiger partial charge on any atom is -0.491 e. The van der Waals surface area contributed by atoms with E-state index in [2.05, 4.69) is 22.2 Å². The topological polar surface area (TPSA) is 81.8 Å². The van der Waals surface area contributed by atoms with E-state index < -0.39 is 0 Å². The van der Waals surface area contributed by atoms with Gasteiger partial charge in [0.1, 0.15) is 5.75 Å². The SMILES string of the molecule is CCCOc1ncccc1CN=C(N)Nc1ccc(OC(C)C)cc1.I. The first-order chi connectivity index (χ1) is 12.1. The minimum absolute atomic E-state index is 0. The highest BCUT2D eigenvalue weighted by atomic mass is 127. The summed E-state index contributed by atoms with van der Waals surface area (Å²) in [5.74, 6) is 1.77. The van der Waals surface area contributed by atoms with Crippen molar-refractivity contribution < 1.29 is 9.47 Å². The number of aromatic nitrogens is 1. The van der Waals surface area contributed by atoms with Gasteiger partial charge in [-0.3, -0.25) is 0 Å². The number of guanidine groups is 1. The molecule has 1 heterocycles. The summed E-state index contributed by atoms with van der Waals surface area (Å²) in [4.78, 5) is 8.61. The molecule has 0 unspecified atom stereocenters. The van der Waals surface area contributed by atoms with E-state index in [9.17, 15) is 0 Å². The van der Waals surface area contributed by atoms with E-state index in [-0.39, 0.29) is 30.1 Å². The summed E-state index contributed by atoms with van der Waals surface area (Å²) in [6.45, 7) is 7.08. The number of hydrogen-bond acceptors (Lipinski definition) is 4. The van der Waals surface area contributed by atoms with Crippen LogP contribution in [-0.2, 0) is 6.54 Å². The van der Waals surface area contributed by atoms with Crippen LogP contribution in [0.15, 0.2) is 47.6 Å². The second-order valence-corrected chi connectivity index (χ2v) is 5.83. The Labute approximate surface area is 172 Å². The van der Waals surface area contributed by atoms with Crippen molar-refractivity contribution in [1.29, 1.82) is 0 Å². The first-order valence-electron chi connectivity index (χ1n) is 8.49. The summed E-state index contributed by atoms with van der Waals surface area (Å²) in [5, 5.41) is 3.07. The molecule has 1 aromatic carbocycles. The molecule has 0 saturated carbocycles. The zero-order chi connectivity index (χ0) is 18.1. The van der Waals surface area contributed by atoms with Crippen molar-refractivity contribution in [3.8, 4) is 11.6 Å². The Kier molecular flexibility index (Phi) is 9.79. The summed E-state index contributed by atoms with van der Waals surface area (Å²) in [5.41, 5.74) is 7.73. The molecule has 7 heteroatoms. The van der Waals surface area contributed by atoms with Gasteiger partial charge in [0.15, 0.2) is 5.96 Å². The quantitative estimate of drug-likeness (QED) is 0.343. The summed E-state index contributed by atoms with van der Waals surface area (Å²) in [7, 11) is 0. The molecule has 0 atom stereocenters. The first-order valence-corrected chi connectivity index (χ1v) is 8.49. The molecule has 2 aromatic rings. The van der Waals surface area contributed by atoms with Crippen molar-refractivity contribution in [1.82, 2.24) is 4.98 Å². The average Bonchev–Trinajstić information content (AvgIpc) is 2.60. The normalized spacial score (nSPS) is 11.0. The molecule has 142 valence electrons. The number of benzene rings is 1. The maximum atomic E-state index is 5.97. The first kappa shape index (κ1) is 22.0. The fourth-order valence-electron chi connectivity index (χ4n) is 2.12. The highest BCUT2D eigenvalue weighted by Crippen LogP contribution is 2.18. The standard InChI is InChI=1S/C19H26N4O2.HI/c1-4-12-24-18-15(6-5-11-21-18)13-22-19(20)23-16-7-9-17(10-8-16)25-14(2)3;/h5-11,14H,4,12-13H2,1-3H3,(H3,20,22,23);1H. The highest BCUT2D eigenvalue weighted by molar-refractivity contribution is 14.0. The molecule has 1 aromatic heterocycles. The molecule has 0 saturated heterocycles. The third-order valence-electron chi connectivity index (χ3n) is 3.21. The summed E-state index contributed by atoms with van der Waals surface area (Å²) < 4.78 is 11.2. The Bertz CT molecular complexity index is 690. The molecule has 2 rings (SSSR count). The van der Waals surface area contributed by atoms with E-state index in [1.54, 1.807) is 6.20 Å². The van der Waals surface area contributed by atoms with Crippen molar-refractivity contribution in [2.24, 2.45) is 10.7 Å². The van der Waals surface area contributed by atoms with Crippen molar-refractivity contribution in [2.75, 3.05) is 11.9 Å². The van der Waals surface area contributed by atoms with Crippen LogP contribution < -0.4 is 20.5 Å². The van der Waals surface area contributed by atoms with Gasteiger partial charge in [-0.15, -0.1) is 24.0 Å². The number of aliphatic imine (C=N–C) groups is 1. The van der Waals surface area contributed by atoms with Gasteiger partial charge >= 0.3 is 0 Å². The van der Waals surface area contributed by atoms with Crippen LogP contribution in [0.1, 0.15) is 32.8 Å². The van der Waals surface area contributed by atoms with E-state index in [0.29, 0.717) is 25.0 Å². The second-order valence-electron chi connectivity index (χ2n) is 5.83. The number of ether oxygens (including phenoxy) is 2. The number of halogens is 1. The van der Waals surface area contributed by atoms with E-state index in [0.717, 1.165) is 23.4 Å². The van der Waals surface area contributed by atoms with Gasteiger partial charge in [-0.2, -0.15) is 0 Å². The van der Waals surface area contributed by atoms with E-state index in [4.69, 9.17) is 15.2 Å². The predicted molar refractivity (Wildman–Crippen MR) is 117 cm³/mol. The molecular weight excluding hydrogens is 443 g/mol. The fraction of sp³-hybridized carbons (Fsp3) is 0.368. The molecule has 6 nitrogen and oxygen atoms in total. The molecule has 3 N–H and O–H groups in total. The largest absolute Gasteiger partial charge is 0.491 e. The number of hydrogen-bond donors (Lipinski definition) is 2. The number of nitrogens with two attached hydrogens (primary N) is 1. The smallest absolute Gasteiger partial charge is 0.218 e. The predicted octanol–water partition coefficient (Wildman–Crippen LogP) is 4.20. The Morgan fingerprint density at radius 1 is 1.23 bits per heavy atom. The van der Waals surface area contributed by atoms with Crippen molar-refractivity contribution >= 4 is 35.6 Å². The molecule has 0 aliphatic heterocycles. The molecule has 0 spiro atoms. The molecule has 26 heavy (non-hydrogen) atoms. The van der Waals surface area contributed by atoms with Crippen LogP contribution in [-0.4, -0.2) is 23.7 Å². The van der Waals surface area contributed by atoms with Crippen LogP contribution in [0.2, 0.25) is 0 Å². The second kappa shape index (κ2) is 11.6. The molecule has 0 radical (unpaired) electrons. The highest BCUT2D eigenvalue weighted by Gasteiger charge is 2.04. The maximum Gasteiger partial charge on any atom is 0.218 e. The van der Waals surface area contributed by atoms with Crippen LogP contribution in [0.5, 0.6) is 11.6 Å². The third kappa shape index (κ3) is 7.47. The maximum absolute atomic E-state index is 5.97. The van der Waals surface area contributed by atoms with E-state index >= 15 is 0 Å². The Morgan fingerprint density at radius 2 is 1.96 bits per heavy atom. The van der Waals surface area contributed by atoms with Crippen LogP contribution in [0.25, 0.3) is 0 Å². The van der Waals surface area contributed by atoms with Gasteiger partial charge in [-0.25, -0.2) is 9.98 Å². The van der Waals surface area contributed by atoms with Crippen molar-refractivity contribution in [2.45, 2.75) is 39.8 Å². The molecule has 0 bridgehead atoms. The van der Waals surface area contributed by atoms with Gasteiger partial charge in [0, 0.05) is 17.4 Å². The zero-order valence-corrected chi connectivity index (χ0v) is 17.8. The molecular formula is C19H27IN4O2. The number of pyridine rings is 1. The third-order valence-corrected chi connectivity index (χ3v) is 3.21. The Balaban J connectivity index is 0.00000338. The monoisotopic (exact) mass is 470 g/mol. The van der Waals surface area contributed by atoms with Crippen LogP contribution >= 0.6 is 24.0 Å². The molecule has 0 aliphatic rings. The van der Waals surface area contributed by atoms with Gasteiger partial charge in [-0.05, 0) is 50.6 Å². The molecule has 0 aliphatic carbocycles. The van der Waals surface area contributed by atoms with Crippen molar-refractivity contribution in [3.63, 3.8) is 0 Å². The summed E-state index contributed by atoms with van der Waals surface area (Å²) in [6, 6.07) is 11.4. The summed E-state index contributed by atoms with van der Waals surface area (Å²) in [6.07, 6.45) is 2.79. The van der Waals surface area contributed by atoms with Crippen LogP contribution in [0, 0.1) is 0 Å². The van der Waals surface area contributed by atoms with Gasteiger partial charge < -0.3 is 20.5 Å². The Hall–Kier alpha value is -2.03. The van der Waals surface area contributed by atoms with E-state index in [1.165, 1.54) is 0 Å². The van der Waals surface area contributed by atoms with Gasteiger partial charge in [-0.1, -0.05) is 13.0 Å². The summed E-state index contributed by atoms with van der Waals surface area (Å²) >= 11 is 0. The zero-order valence-electron chi connectivity index (χ0n) is 15.4. The molecule has 0 fully saturated rings. The van der Waals surface area contributed by atoms with Crippen molar-refractivity contribution in [3.05, 3.63) is 48.2 Å². The van der Waals surface area contributed by atoms with Gasteiger partial charge in [0.2, 0.25) is 5.88 Å². The van der Waals surface area contributed by atoms with Gasteiger partial charge in [0.05, 0.1) is 19.3 Å². The number of anilines is 1. The van der Waals surface area contributed by atoms with Crippen LogP contribution in [0.3, 0.4) is 0 Å². The van der Waals surface area contributed by atoms with E-state index in [1.807, 2.05) is 50.2 Å². The van der Waals surface area contributed by atoms with Gasteiger partial charge in [0.25, 0.3) is 0 Å². The lowest BCUT2D eigenvalue weighted by molar-refractivity contribution is 0.242.